The zero-order valence-corrected chi connectivity index (χ0v) is 17.3. The summed E-state index contributed by atoms with van der Waals surface area (Å²) in [6.45, 7) is 6.90. The molecule has 1 aliphatic rings. The Hall–Kier alpha value is -3.06. The average Bonchev–Trinajstić information content (AvgIpc) is 2.68. The van der Waals surface area contributed by atoms with Gasteiger partial charge in [0.15, 0.2) is 0 Å². The van der Waals surface area contributed by atoms with E-state index in [1.54, 1.807) is 12.4 Å². The first-order chi connectivity index (χ1) is 13.9. The van der Waals surface area contributed by atoms with Crippen LogP contribution in [0.3, 0.4) is 0 Å². The second-order valence-corrected chi connectivity index (χ2v) is 7.63. The van der Waals surface area contributed by atoms with E-state index < -0.39 is 0 Å². The Morgan fingerprint density at radius 2 is 1.97 bits per heavy atom. The van der Waals surface area contributed by atoms with Gasteiger partial charge in [-0.2, -0.15) is 0 Å². The van der Waals surface area contributed by atoms with E-state index in [0.29, 0.717) is 17.5 Å². The van der Waals surface area contributed by atoms with E-state index in [4.69, 9.17) is 11.6 Å². The van der Waals surface area contributed by atoms with Gasteiger partial charge in [0.1, 0.15) is 5.82 Å². The van der Waals surface area contributed by atoms with E-state index in [-0.39, 0.29) is 5.91 Å². The minimum Gasteiger partial charge on any atom is -0.352 e. The molecule has 0 radical (unpaired) electrons. The largest absolute Gasteiger partial charge is 0.352 e. The molecular weight excluding hydrogens is 388 g/mol. The molecule has 29 heavy (non-hydrogen) atoms. The Morgan fingerprint density at radius 1 is 1.14 bits per heavy atom. The van der Waals surface area contributed by atoms with Gasteiger partial charge in [0.05, 0.1) is 16.4 Å². The van der Waals surface area contributed by atoms with Crippen molar-refractivity contribution in [3.8, 4) is 11.3 Å². The van der Waals surface area contributed by atoms with Crippen LogP contribution in [-0.4, -0.2) is 32.4 Å². The molecular formula is C21H21ClN6O. The lowest BCUT2D eigenvalue weighted by atomic mass is 10.0. The van der Waals surface area contributed by atoms with E-state index in [1.807, 2.05) is 26.1 Å². The van der Waals surface area contributed by atoms with Gasteiger partial charge in [-0.3, -0.25) is 15.1 Å². The van der Waals surface area contributed by atoms with Crippen LogP contribution in [0.15, 0.2) is 30.7 Å². The molecule has 1 N–H and O–H groups in total. The summed E-state index contributed by atoms with van der Waals surface area (Å²) >= 11 is 6.45. The number of anilines is 2. The number of amides is 1. The number of carbonyl (C=O) groups excluding carboxylic acids is 1. The smallest absolute Gasteiger partial charge is 0.229 e. The highest BCUT2D eigenvalue weighted by atomic mass is 35.5. The summed E-state index contributed by atoms with van der Waals surface area (Å²) in [6.07, 6.45) is 6.03. The Labute approximate surface area is 174 Å². The van der Waals surface area contributed by atoms with Gasteiger partial charge in [0, 0.05) is 56.2 Å². The lowest BCUT2D eigenvalue weighted by molar-refractivity contribution is -0.114. The highest BCUT2D eigenvalue weighted by molar-refractivity contribution is 6.33. The number of carbonyl (C=O) groups is 1. The second kappa shape index (κ2) is 7.75. The number of halogens is 1. The van der Waals surface area contributed by atoms with Gasteiger partial charge >= 0.3 is 0 Å². The van der Waals surface area contributed by atoms with Gasteiger partial charge in [0.25, 0.3) is 0 Å². The van der Waals surface area contributed by atoms with Gasteiger partial charge in [0.2, 0.25) is 11.9 Å². The molecule has 3 aromatic heterocycles. The number of fused-ring (bicyclic) bond motifs is 1. The van der Waals surface area contributed by atoms with Crippen molar-refractivity contribution >= 4 is 29.3 Å². The summed E-state index contributed by atoms with van der Waals surface area (Å²) < 4.78 is 0. The number of aryl methyl sites for hydroxylation is 2. The molecule has 3 aromatic rings. The van der Waals surface area contributed by atoms with E-state index >= 15 is 0 Å². The maximum atomic E-state index is 11.2. The van der Waals surface area contributed by atoms with Gasteiger partial charge < -0.3 is 4.90 Å². The summed E-state index contributed by atoms with van der Waals surface area (Å²) in [5.41, 5.74) is 5.90. The van der Waals surface area contributed by atoms with Crippen molar-refractivity contribution < 1.29 is 4.79 Å². The van der Waals surface area contributed by atoms with Crippen LogP contribution in [0.4, 0.5) is 11.8 Å². The van der Waals surface area contributed by atoms with Crippen molar-refractivity contribution in [2.75, 3.05) is 16.8 Å². The zero-order chi connectivity index (χ0) is 20.5. The van der Waals surface area contributed by atoms with Crippen molar-refractivity contribution in [1.82, 2.24) is 19.9 Å². The molecule has 4 heterocycles. The fourth-order valence-electron chi connectivity index (χ4n) is 3.51. The number of pyridine rings is 2. The normalized spacial score (nSPS) is 13.2. The maximum Gasteiger partial charge on any atom is 0.229 e. The molecule has 0 aromatic carbocycles. The second-order valence-electron chi connectivity index (χ2n) is 7.22. The predicted octanol–water partition coefficient (Wildman–Crippen LogP) is 3.72. The Balaban J connectivity index is 1.62. The molecule has 8 heteroatoms. The van der Waals surface area contributed by atoms with Crippen LogP contribution >= 0.6 is 11.6 Å². The molecule has 7 nitrogen and oxygen atoms in total. The molecule has 0 fully saturated rings. The Kier molecular flexibility index (Phi) is 5.15. The first-order valence-corrected chi connectivity index (χ1v) is 9.75. The molecule has 148 valence electrons. The standard InChI is InChI=1S/C21H21ClN6O/c1-12-6-13(2)20(24-8-12)16-7-19(23-10-17(16)22)28-5-4-18-15(11-28)9-25-21(27-18)26-14(3)29/h6-10H,4-5,11H2,1-3H3,(H,25,26,27,29). The number of hydrogen-bond acceptors (Lipinski definition) is 6. The molecule has 0 atom stereocenters. The lowest BCUT2D eigenvalue weighted by Crippen LogP contribution is -2.32. The minimum atomic E-state index is -0.180. The van der Waals surface area contributed by atoms with E-state index in [0.717, 1.165) is 52.4 Å². The fourth-order valence-corrected chi connectivity index (χ4v) is 3.70. The van der Waals surface area contributed by atoms with Crippen molar-refractivity contribution in [2.45, 2.75) is 33.7 Å². The summed E-state index contributed by atoms with van der Waals surface area (Å²) in [6, 6.07) is 4.09. The van der Waals surface area contributed by atoms with Crippen LogP contribution in [0.5, 0.6) is 0 Å². The summed E-state index contributed by atoms with van der Waals surface area (Å²) in [5.74, 6) is 1.00. The monoisotopic (exact) mass is 408 g/mol. The summed E-state index contributed by atoms with van der Waals surface area (Å²) in [5, 5.41) is 3.21. The number of rotatable bonds is 3. The Bertz CT molecular complexity index is 1100. The van der Waals surface area contributed by atoms with E-state index in [2.05, 4.69) is 36.2 Å². The average molecular weight is 409 g/mol. The highest BCUT2D eigenvalue weighted by Crippen LogP contribution is 2.32. The SMILES string of the molecule is CC(=O)Nc1ncc2c(n1)CCN(c1cc(-c3ncc(C)cc3C)c(Cl)cn1)C2. The molecule has 0 spiro atoms. The van der Waals surface area contributed by atoms with Gasteiger partial charge in [-0.05, 0) is 31.0 Å². The number of aromatic nitrogens is 4. The molecule has 1 amide bonds. The van der Waals surface area contributed by atoms with Crippen molar-refractivity contribution in [3.63, 3.8) is 0 Å². The number of nitrogens with one attached hydrogen (secondary N) is 1. The van der Waals surface area contributed by atoms with Gasteiger partial charge in [-0.25, -0.2) is 15.0 Å². The van der Waals surface area contributed by atoms with Crippen molar-refractivity contribution in [1.29, 1.82) is 0 Å². The van der Waals surface area contributed by atoms with Crippen molar-refractivity contribution in [3.05, 3.63) is 58.1 Å². The zero-order valence-electron chi connectivity index (χ0n) is 16.5. The fraction of sp³-hybridized carbons (Fsp3) is 0.286. The first-order valence-electron chi connectivity index (χ1n) is 9.37. The van der Waals surface area contributed by atoms with Crippen LogP contribution in [0, 0.1) is 13.8 Å². The molecule has 4 rings (SSSR count). The van der Waals surface area contributed by atoms with E-state index in [1.165, 1.54) is 6.92 Å². The summed E-state index contributed by atoms with van der Waals surface area (Å²) in [7, 11) is 0. The van der Waals surface area contributed by atoms with Crippen LogP contribution in [0.2, 0.25) is 5.02 Å². The number of hydrogen-bond donors (Lipinski definition) is 1. The van der Waals surface area contributed by atoms with Crippen molar-refractivity contribution in [2.24, 2.45) is 0 Å². The minimum absolute atomic E-state index is 0.180. The molecule has 0 bridgehead atoms. The number of nitrogens with zero attached hydrogens (tertiary/aromatic N) is 5. The molecule has 0 saturated carbocycles. The Morgan fingerprint density at radius 3 is 2.72 bits per heavy atom. The van der Waals surface area contributed by atoms with Crippen LogP contribution < -0.4 is 10.2 Å². The van der Waals surface area contributed by atoms with Crippen LogP contribution in [0.1, 0.15) is 29.3 Å². The third-order valence-electron chi connectivity index (χ3n) is 4.86. The quantitative estimate of drug-likeness (QED) is 0.711. The predicted molar refractivity (Wildman–Crippen MR) is 113 cm³/mol. The molecule has 0 unspecified atom stereocenters. The topological polar surface area (TPSA) is 83.9 Å². The third kappa shape index (κ3) is 4.05. The van der Waals surface area contributed by atoms with Gasteiger partial charge in [-0.15, -0.1) is 0 Å². The maximum absolute atomic E-state index is 11.2. The summed E-state index contributed by atoms with van der Waals surface area (Å²) in [4.78, 5) is 31.2. The van der Waals surface area contributed by atoms with Gasteiger partial charge in [-0.1, -0.05) is 17.7 Å². The highest BCUT2D eigenvalue weighted by Gasteiger charge is 2.21. The third-order valence-corrected chi connectivity index (χ3v) is 5.16. The van der Waals surface area contributed by atoms with Crippen LogP contribution in [-0.2, 0) is 17.8 Å². The first kappa shape index (κ1) is 19.3. The molecule has 1 aliphatic heterocycles. The van der Waals surface area contributed by atoms with Crippen LogP contribution in [0.25, 0.3) is 11.3 Å². The lowest BCUT2D eigenvalue weighted by Gasteiger charge is -2.29. The van der Waals surface area contributed by atoms with E-state index in [9.17, 15) is 4.79 Å². The molecule has 0 saturated heterocycles. The molecule has 0 aliphatic carbocycles.